The van der Waals surface area contributed by atoms with Crippen molar-refractivity contribution in [2.45, 2.75) is 13.8 Å². The zero-order chi connectivity index (χ0) is 16.6. The number of ketones is 1. The number of hydrogen-bond acceptors (Lipinski definition) is 1. The molecule has 1 aliphatic rings. The Kier molecular flexibility index (Phi) is 4.69. The summed E-state index contributed by atoms with van der Waals surface area (Å²) in [4.78, 5) is 12.9. The molecule has 0 N–H and O–H groups in total. The normalized spacial score (nSPS) is 17.4. The molecule has 0 radical (unpaired) electrons. The molecule has 2 aromatic rings. The largest absolute Gasteiger partial charge is 0.289 e. The van der Waals surface area contributed by atoms with Crippen molar-refractivity contribution < 1.29 is 4.79 Å². The Morgan fingerprint density at radius 2 is 1.43 bits per heavy atom. The second-order valence-electron chi connectivity index (χ2n) is 5.76. The van der Waals surface area contributed by atoms with E-state index < -0.39 is 0 Å². The quantitative estimate of drug-likeness (QED) is 0.510. The summed E-state index contributed by atoms with van der Waals surface area (Å²) in [5.74, 6) is 0.221. The van der Waals surface area contributed by atoms with Crippen LogP contribution in [0.2, 0.25) is 0 Å². The topological polar surface area (TPSA) is 17.1 Å². The van der Waals surface area contributed by atoms with Gasteiger partial charge in [-0.3, -0.25) is 4.79 Å². The van der Waals surface area contributed by atoms with E-state index in [1.807, 2.05) is 43.3 Å². The second kappa shape index (κ2) is 6.58. The van der Waals surface area contributed by atoms with Gasteiger partial charge in [-0.25, -0.2) is 0 Å². The van der Waals surface area contributed by atoms with Crippen LogP contribution in [0.3, 0.4) is 0 Å². The van der Waals surface area contributed by atoms with Crippen molar-refractivity contribution in [3.05, 3.63) is 85.8 Å². The van der Waals surface area contributed by atoms with E-state index in [0.29, 0.717) is 0 Å². The minimum absolute atomic E-state index is 0.104. The first kappa shape index (κ1) is 16.4. The highest BCUT2D eigenvalue weighted by molar-refractivity contribution is 9.10. The van der Waals surface area contributed by atoms with Crippen molar-refractivity contribution >= 4 is 43.2 Å². The molecule has 2 aromatic carbocycles. The minimum Gasteiger partial charge on any atom is -0.289 e. The van der Waals surface area contributed by atoms with E-state index in [4.69, 9.17) is 0 Å². The summed E-state index contributed by atoms with van der Waals surface area (Å²) >= 11 is 6.87. The summed E-state index contributed by atoms with van der Waals surface area (Å²) in [5.41, 5.74) is 5.06. The Morgan fingerprint density at radius 3 is 2.00 bits per heavy atom. The number of carbonyl (C=O) groups is 1. The number of hydrogen-bond donors (Lipinski definition) is 0. The van der Waals surface area contributed by atoms with Gasteiger partial charge >= 0.3 is 0 Å². The lowest BCUT2D eigenvalue weighted by Crippen LogP contribution is -2.11. The van der Waals surface area contributed by atoms with Crippen molar-refractivity contribution in [2.24, 2.45) is 5.92 Å². The molecule has 1 unspecified atom stereocenters. The predicted molar refractivity (Wildman–Crippen MR) is 102 cm³/mol. The number of carbonyl (C=O) groups excluding carboxylic acids is 1. The minimum atomic E-state index is 0.104. The van der Waals surface area contributed by atoms with Gasteiger partial charge in [0.25, 0.3) is 0 Å². The molecule has 0 aliphatic heterocycles. The molecule has 23 heavy (non-hydrogen) atoms. The maximum atomic E-state index is 12.9. The van der Waals surface area contributed by atoms with E-state index in [0.717, 1.165) is 25.7 Å². The van der Waals surface area contributed by atoms with Gasteiger partial charge in [0.05, 0.1) is 0 Å². The maximum absolute atomic E-state index is 12.9. The molecule has 116 valence electrons. The molecule has 0 saturated carbocycles. The zero-order valence-electron chi connectivity index (χ0n) is 12.9. The fourth-order valence-electron chi connectivity index (χ4n) is 3.04. The SMILES string of the molecule is CC1=C(C(=O)c2ccc(Br)cc2)C(C)C(c2ccc(Br)cc2)=C1. The number of allylic oxidation sites excluding steroid dienone is 4. The average Bonchev–Trinajstić information content (AvgIpc) is 2.83. The Bertz CT molecular complexity index is 812. The van der Waals surface area contributed by atoms with Gasteiger partial charge in [-0.2, -0.15) is 0 Å². The van der Waals surface area contributed by atoms with Crippen molar-refractivity contribution in [1.29, 1.82) is 0 Å². The van der Waals surface area contributed by atoms with Crippen LogP contribution < -0.4 is 0 Å². The Labute approximate surface area is 153 Å². The zero-order valence-corrected chi connectivity index (χ0v) is 16.1. The molecule has 0 amide bonds. The third-order valence-electron chi connectivity index (χ3n) is 4.22. The van der Waals surface area contributed by atoms with Crippen molar-refractivity contribution in [3.8, 4) is 0 Å². The smallest absolute Gasteiger partial charge is 0.189 e. The molecular formula is C20H16Br2O. The van der Waals surface area contributed by atoms with Crippen molar-refractivity contribution in [1.82, 2.24) is 0 Å². The molecule has 1 nitrogen and oxygen atoms in total. The second-order valence-corrected chi connectivity index (χ2v) is 7.59. The molecule has 3 heteroatoms. The summed E-state index contributed by atoms with van der Waals surface area (Å²) in [6.07, 6.45) is 2.14. The first-order chi connectivity index (χ1) is 11.0. The Morgan fingerprint density at radius 1 is 0.913 bits per heavy atom. The molecule has 0 spiro atoms. The molecule has 0 aromatic heterocycles. The van der Waals surface area contributed by atoms with E-state index in [1.165, 1.54) is 11.1 Å². The van der Waals surface area contributed by atoms with Gasteiger partial charge in [-0.1, -0.05) is 57.0 Å². The van der Waals surface area contributed by atoms with Crippen LogP contribution in [0.5, 0.6) is 0 Å². The third-order valence-corrected chi connectivity index (χ3v) is 5.28. The lowest BCUT2D eigenvalue weighted by atomic mass is 9.88. The molecule has 0 bridgehead atoms. The van der Waals surface area contributed by atoms with Crippen LogP contribution in [-0.2, 0) is 0 Å². The van der Waals surface area contributed by atoms with Crippen LogP contribution in [0.25, 0.3) is 5.57 Å². The van der Waals surface area contributed by atoms with Crippen molar-refractivity contribution in [2.75, 3.05) is 0 Å². The van der Waals surface area contributed by atoms with Crippen LogP contribution in [0, 0.1) is 5.92 Å². The van der Waals surface area contributed by atoms with Gasteiger partial charge in [0.2, 0.25) is 0 Å². The number of rotatable bonds is 3. The van der Waals surface area contributed by atoms with Crippen molar-refractivity contribution in [3.63, 3.8) is 0 Å². The van der Waals surface area contributed by atoms with E-state index in [2.05, 4.69) is 57.0 Å². The first-order valence-corrected chi connectivity index (χ1v) is 9.04. The molecule has 1 atom stereocenters. The molecule has 0 heterocycles. The summed E-state index contributed by atoms with van der Waals surface area (Å²) in [7, 11) is 0. The average molecular weight is 432 g/mol. The highest BCUT2D eigenvalue weighted by atomic mass is 79.9. The van der Waals surface area contributed by atoms with E-state index in [-0.39, 0.29) is 11.7 Å². The number of benzene rings is 2. The van der Waals surface area contributed by atoms with Gasteiger partial charge in [0, 0.05) is 26.0 Å². The molecule has 3 rings (SSSR count). The monoisotopic (exact) mass is 430 g/mol. The highest BCUT2D eigenvalue weighted by Gasteiger charge is 2.28. The fourth-order valence-corrected chi connectivity index (χ4v) is 3.57. The highest BCUT2D eigenvalue weighted by Crippen LogP contribution is 2.39. The fraction of sp³-hybridized carbons (Fsp3) is 0.150. The van der Waals surface area contributed by atoms with Gasteiger partial charge < -0.3 is 0 Å². The van der Waals surface area contributed by atoms with Gasteiger partial charge in [-0.05, 0) is 60.0 Å². The van der Waals surface area contributed by atoms with Gasteiger partial charge in [0.1, 0.15) is 0 Å². The van der Waals surface area contributed by atoms with E-state index in [9.17, 15) is 4.79 Å². The van der Waals surface area contributed by atoms with E-state index in [1.54, 1.807) is 0 Å². The van der Waals surface area contributed by atoms with Crippen LogP contribution in [0.1, 0.15) is 29.8 Å². The summed E-state index contributed by atoms with van der Waals surface area (Å²) < 4.78 is 2.04. The van der Waals surface area contributed by atoms with Crippen LogP contribution in [0.4, 0.5) is 0 Å². The molecule has 0 fully saturated rings. The number of halogens is 2. The summed E-state index contributed by atoms with van der Waals surface area (Å²) in [5, 5.41) is 0. The predicted octanol–water partition coefficient (Wildman–Crippen LogP) is 6.44. The third kappa shape index (κ3) is 3.26. The standard InChI is InChI=1S/C20H16Br2O/c1-12-11-18(14-3-7-16(21)8-4-14)13(2)19(12)20(23)15-5-9-17(22)10-6-15/h3-11,13H,1-2H3. The Balaban J connectivity index is 1.91. The van der Waals surface area contributed by atoms with Gasteiger partial charge in [0.15, 0.2) is 5.78 Å². The first-order valence-electron chi connectivity index (χ1n) is 7.46. The van der Waals surface area contributed by atoms with Crippen LogP contribution in [0.15, 0.2) is 74.7 Å². The Hall–Kier alpha value is -1.45. The van der Waals surface area contributed by atoms with Crippen LogP contribution >= 0.6 is 31.9 Å². The van der Waals surface area contributed by atoms with E-state index >= 15 is 0 Å². The molecule has 1 aliphatic carbocycles. The van der Waals surface area contributed by atoms with Crippen LogP contribution in [-0.4, -0.2) is 5.78 Å². The molecule has 0 saturated heterocycles. The maximum Gasteiger partial charge on any atom is 0.189 e. The summed E-state index contributed by atoms with van der Waals surface area (Å²) in [6.45, 7) is 4.13. The summed E-state index contributed by atoms with van der Waals surface area (Å²) in [6, 6.07) is 15.8. The van der Waals surface area contributed by atoms with Gasteiger partial charge in [-0.15, -0.1) is 0 Å². The number of Topliss-reactive ketones (excluding diaryl/α,β-unsaturated/α-hetero) is 1. The lowest BCUT2D eigenvalue weighted by molar-refractivity contribution is 0.102. The molecular weight excluding hydrogens is 416 g/mol. The lowest BCUT2D eigenvalue weighted by Gasteiger charge is -2.15.